The third-order valence-electron chi connectivity index (χ3n) is 21.7. The minimum absolute atomic E-state index is 0.0155. The molecule has 0 saturated carbocycles. The highest BCUT2D eigenvalue weighted by atomic mass is 35.5. The minimum atomic E-state index is -1.39. The largest absolute Gasteiger partial charge is 0.480 e. The quantitative estimate of drug-likeness (QED) is 0.0159. The van der Waals surface area contributed by atoms with Gasteiger partial charge in [0.2, 0.25) is 47.3 Å². The molecule has 7 atom stereocenters. The van der Waals surface area contributed by atoms with Crippen molar-refractivity contribution >= 4 is 212 Å². The molecule has 8 aromatic rings. The van der Waals surface area contributed by atoms with Gasteiger partial charge in [-0.15, -0.1) is 0 Å². The Labute approximate surface area is 857 Å². The van der Waals surface area contributed by atoms with Crippen LogP contribution in [0.2, 0.25) is 40.2 Å². The van der Waals surface area contributed by atoms with Gasteiger partial charge in [-0.2, -0.15) is 0 Å². The molecule has 0 spiro atoms. The lowest BCUT2D eigenvalue weighted by Crippen LogP contribution is -2.53. The van der Waals surface area contributed by atoms with Crippen molar-refractivity contribution in [1.82, 2.24) is 85.1 Å². The molecule has 762 valence electrons. The summed E-state index contributed by atoms with van der Waals surface area (Å²) in [6, 6.07) is 18.9. The number of halogens is 8. The summed E-state index contributed by atoms with van der Waals surface area (Å²) in [4.78, 5) is 195. The molecule has 8 heterocycles. The van der Waals surface area contributed by atoms with E-state index in [0.29, 0.717) is 83.9 Å². The summed E-state index contributed by atoms with van der Waals surface area (Å²) in [5.74, 6) is -9.55. The van der Waals surface area contributed by atoms with Crippen LogP contribution in [0.15, 0.2) is 164 Å². The second kappa shape index (κ2) is 58.3. The molecule has 143 heavy (non-hydrogen) atoms. The zero-order valence-electron chi connectivity index (χ0n) is 76.0. The molecule has 0 aliphatic carbocycles. The van der Waals surface area contributed by atoms with Crippen molar-refractivity contribution in [2.24, 2.45) is 11.8 Å². The van der Waals surface area contributed by atoms with Crippen LogP contribution in [-0.4, -0.2) is 217 Å². The maximum Gasteiger partial charge on any atom is 0.328 e. The number of hydrogen-bond acceptors (Lipinski definition) is 24. The number of benzene rings is 4. The molecule has 4 saturated heterocycles. The highest BCUT2D eigenvalue weighted by molar-refractivity contribution is 6.42. The van der Waals surface area contributed by atoms with Gasteiger partial charge in [-0.05, 0) is 228 Å². The fourth-order valence-electron chi connectivity index (χ4n) is 14.2. The summed E-state index contributed by atoms with van der Waals surface area (Å²) < 4.78 is 20.4. The van der Waals surface area contributed by atoms with Gasteiger partial charge < -0.3 is 123 Å². The van der Waals surface area contributed by atoms with E-state index in [2.05, 4.69) is 85.1 Å². The Bertz CT molecular complexity index is 5410. The SMILES string of the molecule is O=C(/C=C/c1ccco1)NCc1cc(Cl)c(C(=O)N[C@@H](CNC(=O)C2CCCCN2)C(=O)O)c(Cl)c1.O=C(/C=C/c1ccco1)NCc1cc(Cl)c(C(=O)N[C@@H](CNC(=O)C2CCCNC2)C(=O)O)c(Cl)c1.O=C(/C=C/c1ccco1)NCc1cc(Cl)c(C(=O)N[C@@H](CNC(=O)C2CCNCC2)C(=O)O)c(Cl)c1.O=C(/C=C/c1ccco1)NCc1cc(Cl)c(C(=O)N[C@@H](CNC(=O)[C@@H]2CCCN2)C(=O)O)c(Cl)c1. The predicted molar refractivity (Wildman–Crippen MR) is 530 cm³/mol. The zero-order valence-corrected chi connectivity index (χ0v) is 82.1. The van der Waals surface area contributed by atoms with E-state index in [-0.39, 0.29) is 186 Å². The van der Waals surface area contributed by atoms with Gasteiger partial charge in [0, 0.05) is 89.1 Å². The van der Waals surface area contributed by atoms with Gasteiger partial charge in [-0.25, -0.2) is 19.2 Å². The molecule has 4 fully saturated rings. The fourth-order valence-corrected chi connectivity index (χ4v) is 17.0. The topological polar surface area (TPSA) is 599 Å². The lowest BCUT2D eigenvalue weighted by molar-refractivity contribution is -0.140. The molecule has 4 aromatic heterocycles. The van der Waals surface area contributed by atoms with Gasteiger partial charge in [0.15, 0.2) is 0 Å². The molecule has 4 aromatic carbocycles. The molecule has 2 unspecified atom stereocenters. The van der Waals surface area contributed by atoms with Crippen molar-refractivity contribution in [2.45, 2.75) is 120 Å². The maximum atomic E-state index is 12.8. The molecule has 12 amide bonds. The van der Waals surface area contributed by atoms with E-state index >= 15 is 0 Å². The lowest BCUT2D eigenvalue weighted by atomic mass is 9.97. The van der Waals surface area contributed by atoms with E-state index in [1.165, 1.54) is 122 Å². The molecule has 4 aliphatic rings. The third kappa shape index (κ3) is 37.8. The highest BCUT2D eigenvalue weighted by Gasteiger charge is 2.34. The van der Waals surface area contributed by atoms with Gasteiger partial charge >= 0.3 is 23.9 Å². The summed E-state index contributed by atoms with van der Waals surface area (Å²) >= 11 is 50.0. The maximum absolute atomic E-state index is 12.8. The number of carboxylic acids is 4. The van der Waals surface area contributed by atoms with E-state index in [1.54, 1.807) is 48.5 Å². The number of piperidine rings is 3. The van der Waals surface area contributed by atoms with Crippen LogP contribution in [-0.2, 0) is 83.7 Å². The van der Waals surface area contributed by atoms with Crippen LogP contribution in [0.25, 0.3) is 24.3 Å². The first-order valence-electron chi connectivity index (χ1n) is 44.5. The van der Waals surface area contributed by atoms with Crippen LogP contribution in [0.1, 0.15) is 145 Å². The predicted octanol–water partition coefficient (Wildman–Crippen LogP) is 8.75. The van der Waals surface area contributed by atoms with E-state index in [1.807, 2.05) is 0 Å². The number of carboxylic acid groups (broad SMARTS) is 4. The Kier molecular flexibility index (Phi) is 46.1. The number of amides is 12. The number of nitrogens with one attached hydrogen (secondary N) is 16. The first-order chi connectivity index (χ1) is 68.5. The smallest absolute Gasteiger partial charge is 0.328 e. The lowest BCUT2D eigenvalue weighted by Gasteiger charge is -2.23. The normalized spacial score (nSPS) is 15.9. The fraction of sp³-hybridized carbons (Fsp3) is 0.326. The van der Waals surface area contributed by atoms with Crippen LogP contribution in [0.4, 0.5) is 0 Å². The molecule has 12 rings (SSSR count). The van der Waals surface area contributed by atoms with Gasteiger partial charge in [0.05, 0.1) is 105 Å². The van der Waals surface area contributed by atoms with Crippen molar-refractivity contribution in [3.63, 3.8) is 0 Å². The van der Waals surface area contributed by atoms with E-state index in [0.717, 1.165) is 58.4 Å². The second-order valence-corrected chi connectivity index (χ2v) is 35.4. The van der Waals surface area contributed by atoms with Gasteiger partial charge in [0.25, 0.3) is 23.6 Å². The summed E-state index contributed by atoms with van der Waals surface area (Å²) in [5.41, 5.74) is 1.68. The van der Waals surface area contributed by atoms with Crippen molar-refractivity contribution in [2.75, 3.05) is 65.4 Å². The molecule has 20 N–H and O–H groups in total. The number of hydrogen-bond donors (Lipinski definition) is 20. The van der Waals surface area contributed by atoms with E-state index in [9.17, 15) is 97.1 Å². The number of rotatable bonds is 40. The summed E-state index contributed by atoms with van der Waals surface area (Å²) in [6.45, 7) is 3.40. The Morgan fingerprint density at radius 3 is 0.825 bits per heavy atom. The van der Waals surface area contributed by atoms with E-state index in [4.69, 9.17) is 110 Å². The number of aliphatic carboxylic acids is 4. The molecule has 0 bridgehead atoms. The average molecular weight is 2140 g/mol. The molecule has 48 heteroatoms. The average Bonchev–Trinajstić information content (AvgIpc) is 1.32. The van der Waals surface area contributed by atoms with Crippen LogP contribution >= 0.6 is 92.8 Å². The van der Waals surface area contributed by atoms with Crippen LogP contribution < -0.4 is 85.1 Å². The van der Waals surface area contributed by atoms with Crippen molar-refractivity contribution in [1.29, 1.82) is 0 Å². The standard InChI is InChI=1S/3C24H26Cl2N4O6.C23H24Cl2N4O6/c25-17-9-14(11-28-20(31)6-5-16-4-2-8-36-16)10-18(26)21(17)23(33)30-19(24(34)35)13-29-22(32)15-3-1-7-27-12-15;25-17-10-14(12-28-20(31)4-3-16-2-1-9-36-16)11-18(26)21(17)23(33)30-19(24(34)35)13-29-22(32)15-5-7-27-8-6-15;25-16-10-14(12-28-20(31)7-6-15-4-3-9-36-15)11-17(26)21(16)23(33)30-19(24(34)35)13-29-22(32)18-5-1-2-8-27-18;24-15-9-13(11-27-19(30)6-5-14-3-2-8-35-14)10-16(25)20(15)22(32)29-18(23(33)34)12-28-21(31)17-4-1-7-26-17/h2,4-6,8-10,15,19,27H,1,3,7,11-13H2,(H,28,31)(H,29,32)(H,30,33)(H,34,35);1-4,9-11,15,19,27H,5-8,12-13H2,(H,28,31)(H,29,32)(H,30,33)(H,34,35);3-4,6-7,9-11,18-19,27H,1-2,5,8,12-13H2,(H,28,31)(H,29,32)(H,30,33)(H,34,35);2-3,5-6,8-10,17-18,26H,1,4,7,11-12H2,(H,27,30)(H,28,31)(H,29,32)(H,33,34)/b6-5+;4-3+;7-6+;6-5+/t15?,19-;19-;18?,19-;17-,18-/m0000/s1. The first kappa shape index (κ1) is 113. The van der Waals surface area contributed by atoms with Crippen molar-refractivity contribution in [3.8, 4) is 0 Å². The number of carbonyl (C=O) groups is 16. The van der Waals surface area contributed by atoms with Gasteiger partial charge in [-0.1, -0.05) is 99.2 Å². The highest BCUT2D eigenvalue weighted by Crippen LogP contribution is 2.32. The summed E-state index contributed by atoms with van der Waals surface area (Å²) in [5, 5.41) is 80.5. The van der Waals surface area contributed by atoms with Gasteiger partial charge in [-0.3, -0.25) is 57.5 Å². The molecule has 4 aliphatic heterocycles. The number of furan rings is 4. The number of carbonyl (C=O) groups excluding carboxylic acids is 12. The molecule has 0 radical (unpaired) electrons. The van der Waals surface area contributed by atoms with Gasteiger partial charge in [0.1, 0.15) is 47.2 Å². The molecule has 40 nitrogen and oxygen atoms in total. The molecular formula is C95H102Cl8N16O24. The zero-order chi connectivity index (χ0) is 104. The monoisotopic (exact) mass is 2130 g/mol. The Morgan fingerprint density at radius 1 is 0.315 bits per heavy atom. The Balaban J connectivity index is 0.000000213. The minimum Gasteiger partial charge on any atom is -0.480 e. The van der Waals surface area contributed by atoms with Crippen molar-refractivity contribution in [3.05, 3.63) is 254 Å². The molecular weight excluding hydrogens is 2030 g/mol. The van der Waals surface area contributed by atoms with Crippen LogP contribution in [0, 0.1) is 11.8 Å². The van der Waals surface area contributed by atoms with E-state index < -0.39 is 71.7 Å². The first-order valence-corrected chi connectivity index (χ1v) is 47.5. The van der Waals surface area contributed by atoms with Crippen LogP contribution in [0.3, 0.4) is 0 Å². The summed E-state index contributed by atoms with van der Waals surface area (Å²) in [7, 11) is 0. The Morgan fingerprint density at radius 2 is 0.580 bits per heavy atom. The Hall–Kier alpha value is -13.4. The van der Waals surface area contributed by atoms with Crippen LogP contribution in [0.5, 0.6) is 0 Å². The van der Waals surface area contributed by atoms with Crippen molar-refractivity contribution < 1.29 is 115 Å². The second-order valence-electron chi connectivity index (χ2n) is 32.2. The third-order valence-corrected chi connectivity index (χ3v) is 24.1. The summed E-state index contributed by atoms with van der Waals surface area (Å²) in [6.07, 6.45) is 24.2.